The van der Waals surface area contributed by atoms with Crippen LogP contribution in [0.1, 0.15) is 25.0 Å². The Bertz CT molecular complexity index is 368. The molecule has 1 aromatic rings. The minimum Gasteiger partial charge on any atom is -0.331 e. The second kappa shape index (κ2) is 6.57. The zero-order valence-electron chi connectivity index (χ0n) is 11.0. The van der Waals surface area contributed by atoms with Gasteiger partial charge in [-0.15, -0.1) is 0 Å². The Hall–Kier alpha value is -1.13. The molecule has 0 aliphatic heterocycles. The van der Waals surface area contributed by atoms with Gasteiger partial charge < -0.3 is 5.32 Å². The van der Waals surface area contributed by atoms with Gasteiger partial charge in [0.05, 0.1) is 0 Å². The van der Waals surface area contributed by atoms with Crippen LogP contribution < -0.4 is 10.7 Å². The van der Waals surface area contributed by atoms with Crippen LogP contribution in [0.15, 0.2) is 18.2 Å². The number of hydrogen-bond acceptors (Lipinski definition) is 2. The SMILES string of the molecule is CCc1cccc(CC)c1NC(=S)N(C)NC. The van der Waals surface area contributed by atoms with Gasteiger partial charge in [0.1, 0.15) is 0 Å². The number of para-hydroxylation sites is 1. The highest BCUT2D eigenvalue weighted by Crippen LogP contribution is 2.22. The maximum atomic E-state index is 5.33. The molecule has 1 rings (SSSR count). The summed E-state index contributed by atoms with van der Waals surface area (Å²) in [4.78, 5) is 0. The van der Waals surface area contributed by atoms with Gasteiger partial charge in [-0.1, -0.05) is 32.0 Å². The van der Waals surface area contributed by atoms with Crippen LogP contribution in [-0.2, 0) is 12.8 Å². The average molecular weight is 251 g/mol. The minimum atomic E-state index is 0.683. The predicted octanol–water partition coefficient (Wildman–Crippen LogP) is 2.57. The van der Waals surface area contributed by atoms with E-state index in [1.807, 2.05) is 14.1 Å². The molecule has 0 saturated heterocycles. The fraction of sp³-hybridized carbons (Fsp3) is 0.462. The predicted molar refractivity (Wildman–Crippen MR) is 78.2 cm³/mol. The Labute approximate surface area is 109 Å². The fourth-order valence-electron chi connectivity index (χ4n) is 1.70. The number of thiocarbonyl (C=S) groups is 1. The van der Waals surface area contributed by atoms with E-state index in [0.29, 0.717) is 5.11 Å². The largest absolute Gasteiger partial charge is 0.331 e. The van der Waals surface area contributed by atoms with Gasteiger partial charge in [0.2, 0.25) is 0 Å². The molecule has 4 heteroatoms. The summed E-state index contributed by atoms with van der Waals surface area (Å²) in [5, 5.41) is 5.80. The molecule has 0 radical (unpaired) electrons. The summed E-state index contributed by atoms with van der Waals surface area (Å²) < 4.78 is 0. The maximum Gasteiger partial charge on any atom is 0.187 e. The van der Waals surface area contributed by atoms with Crippen LogP contribution in [-0.4, -0.2) is 24.2 Å². The summed E-state index contributed by atoms with van der Waals surface area (Å²) in [6.07, 6.45) is 2.00. The van der Waals surface area contributed by atoms with Crippen LogP contribution in [0.3, 0.4) is 0 Å². The molecular weight excluding hydrogens is 230 g/mol. The van der Waals surface area contributed by atoms with E-state index in [2.05, 4.69) is 42.8 Å². The summed E-state index contributed by atoms with van der Waals surface area (Å²) in [7, 11) is 3.75. The zero-order valence-corrected chi connectivity index (χ0v) is 11.8. The lowest BCUT2D eigenvalue weighted by Crippen LogP contribution is -2.40. The summed E-state index contributed by atoms with van der Waals surface area (Å²) in [5.41, 5.74) is 6.75. The maximum absolute atomic E-state index is 5.33. The lowest BCUT2D eigenvalue weighted by Gasteiger charge is -2.22. The molecule has 0 amide bonds. The first-order valence-electron chi connectivity index (χ1n) is 5.96. The van der Waals surface area contributed by atoms with Gasteiger partial charge in [-0.2, -0.15) is 0 Å². The van der Waals surface area contributed by atoms with Crippen molar-refractivity contribution in [3.8, 4) is 0 Å². The summed E-state index contributed by atoms with van der Waals surface area (Å²) >= 11 is 5.33. The van der Waals surface area contributed by atoms with Gasteiger partial charge in [-0.05, 0) is 36.2 Å². The molecule has 0 fully saturated rings. The molecule has 0 spiro atoms. The number of aryl methyl sites for hydroxylation is 2. The van der Waals surface area contributed by atoms with E-state index in [4.69, 9.17) is 12.2 Å². The number of nitrogens with one attached hydrogen (secondary N) is 2. The van der Waals surface area contributed by atoms with E-state index in [9.17, 15) is 0 Å². The molecule has 17 heavy (non-hydrogen) atoms. The smallest absolute Gasteiger partial charge is 0.187 e. The molecule has 0 aliphatic rings. The zero-order chi connectivity index (χ0) is 12.8. The second-order valence-electron chi connectivity index (χ2n) is 3.87. The Morgan fingerprint density at radius 3 is 2.18 bits per heavy atom. The first-order valence-corrected chi connectivity index (χ1v) is 6.37. The Morgan fingerprint density at radius 2 is 1.76 bits per heavy atom. The minimum absolute atomic E-state index is 0.683. The topological polar surface area (TPSA) is 27.3 Å². The Morgan fingerprint density at radius 1 is 1.24 bits per heavy atom. The molecule has 0 atom stereocenters. The lowest BCUT2D eigenvalue weighted by molar-refractivity contribution is 0.415. The van der Waals surface area contributed by atoms with Crippen molar-refractivity contribution in [2.45, 2.75) is 26.7 Å². The standard InChI is InChI=1S/C13H21N3S/c1-5-10-8-7-9-11(6-2)12(10)15-13(17)16(4)14-3/h7-9,14H,5-6H2,1-4H3,(H,15,17). The molecular formula is C13H21N3S. The molecule has 0 bridgehead atoms. The Kier molecular flexibility index (Phi) is 5.38. The van der Waals surface area contributed by atoms with Crippen LogP contribution in [0.5, 0.6) is 0 Å². The van der Waals surface area contributed by atoms with Crippen molar-refractivity contribution in [2.24, 2.45) is 0 Å². The first-order chi connectivity index (χ1) is 8.13. The molecule has 0 unspecified atom stereocenters. The van der Waals surface area contributed by atoms with Crippen LogP contribution in [0.25, 0.3) is 0 Å². The third kappa shape index (κ3) is 3.41. The van der Waals surface area contributed by atoms with E-state index in [-0.39, 0.29) is 0 Å². The van der Waals surface area contributed by atoms with Gasteiger partial charge >= 0.3 is 0 Å². The molecule has 3 nitrogen and oxygen atoms in total. The Balaban J connectivity index is 2.99. The third-order valence-corrected chi connectivity index (χ3v) is 3.25. The van der Waals surface area contributed by atoms with Crippen molar-refractivity contribution in [1.29, 1.82) is 0 Å². The number of hydrazine groups is 1. The van der Waals surface area contributed by atoms with E-state index in [0.717, 1.165) is 18.5 Å². The number of hydrogen-bond donors (Lipinski definition) is 2. The van der Waals surface area contributed by atoms with Gasteiger partial charge in [-0.25, -0.2) is 5.43 Å². The second-order valence-corrected chi connectivity index (χ2v) is 4.26. The molecule has 2 N–H and O–H groups in total. The van der Waals surface area contributed by atoms with Gasteiger partial charge in [0, 0.05) is 19.8 Å². The number of benzene rings is 1. The quantitative estimate of drug-likeness (QED) is 0.635. The van der Waals surface area contributed by atoms with E-state index >= 15 is 0 Å². The van der Waals surface area contributed by atoms with Crippen molar-refractivity contribution >= 4 is 23.0 Å². The molecule has 0 saturated carbocycles. The highest BCUT2D eigenvalue weighted by molar-refractivity contribution is 7.80. The van der Waals surface area contributed by atoms with Gasteiger partial charge in [-0.3, -0.25) is 5.01 Å². The highest BCUT2D eigenvalue weighted by Gasteiger charge is 2.09. The average Bonchev–Trinajstić information content (AvgIpc) is 2.37. The highest BCUT2D eigenvalue weighted by atomic mass is 32.1. The summed E-state index contributed by atoms with van der Waals surface area (Å²) in [6.45, 7) is 4.32. The molecule has 1 aromatic carbocycles. The molecule has 0 heterocycles. The summed E-state index contributed by atoms with van der Waals surface area (Å²) in [5.74, 6) is 0. The third-order valence-electron chi connectivity index (χ3n) is 2.87. The van der Waals surface area contributed by atoms with Crippen LogP contribution in [0.4, 0.5) is 5.69 Å². The van der Waals surface area contributed by atoms with E-state index in [1.165, 1.54) is 11.1 Å². The van der Waals surface area contributed by atoms with Crippen molar-refractivity contribution < 1.29 is 0 Å². The number of anilines is 1. The van der Waals surface area contributed by atoms with Crippen molar-refractivity contribution in [2.75, 3.05) is 19.4 Å². The van der Waals surface area contributed by atoms with Crippen LogP contribution >= 0.6 is 12.2 Å². The first kappa shape index (κ1) is 13.9. The lowest BCUT2D eigenvalue weighted by atomic mass is 10.0. The monoisotopic (exact) mass is 251 g/mol. The number of rotatable bonds is 4. The summed E-state index contributed by atoms with van der Waals surface area (Å²) in [6, 6.07) is 6.39. The van der Waals surface area contributed by atoms with Gasteiger partial charge in [0.25, 0.3) is 0 Å². The number of nitrogens with zero attached hydrogens (tertiary/aromatic N) is 1. The van der Waals surface area contributed by atoms with Crippen LogP contribution in [0.2, 0.25) is 0 Å². The van der Waals surface area contributed by atoms with Gasteiger partial charge in [0.15, 0.2) is 5.11 Å². The molecule has 94 valence electrons. The van der Waals surface area contributed by atoms with Crippen LogP contribution in [0, 0.1) is 0 Å². The van der Waals surface area contributed by atoms with Crippen molar-refractivity contribution in [3.63, 3.8) is 0 Å². The molecule has 0 aliphatic carbocycles. The van der Waals surface area contributed by atoms with Crippen molar-refractivity contribution in [1.82, 2.24) is 10.4 Å². The van der Waals surface area contributed by atoms with E-state index < -0.39 is 0 Å². The normalized spacial score (nSPS) is 10.1. The molecule has 0 aromatic heterocycles. The van der Waals surface area contributed by atoms with E-state index in [1.54, 1.807) is 5.01 Å². The fourth-order valence-corrected chi connectivity index (χ4v) is 1.89. The van der Waals surface area contributed by atoms with Crippen molar-refractivity contribution in [3.05, 3.63) is 29.3 Å².